The fourth-order valence-electron chi connectivity index (χ4n) is 2.59. The average molecular weight is 376 g/mol. The van der Waals surface area contributed by atoms with Crippen LogP contribution in [0.4, 0.5) is 11.4 Å². The minimum absolute atomic E-state index is 0.0345. The van der Waals surface area contributed by atoms with Crippen molar-refractivity contribution in [1.29, 1.82) is 0 Å². The Morgan fingerprint density at radius 3 is 2.44 bits per heavy atom. The lowest BCUT2D eigenvalue weighted by molar-refractivity contribution is -0.386. The van der Waals surface area contributed by atoms with Crippen LogP contribution in [0.2, 0.25) is 0 Å². The van der Waals surface area contributed by atoms with E-state index in [1.807, 2.05) is 0 Å². The monoisotopic (exact) mass is 376 g/mol. The van der Waals surface area contributed by atoms with Crippen LogP contribution in [0.1, 0.15) is 17.8 Å². The van der Waals surface area contributed by atoms with Crippen LogP contribution in [0, 0.1) is 24.0 Å². The van der Waals surface area contributed by atoms with Gasteiger partial charge in [0.25, 0.3) is 0 Å². The summed E-state index contributed by atoms with van der Waals surface area (Å²) in [4.78, 5) is 34.9. The molecule has 0 aliphatic carbocycles. The molecule has 0 unspecified atom stereocenters. The number of rotatable bonds is 8. The number of amides is 1. The number of anilines is 1. The minimum atomic E-state index is -1.07. The van der Waals surface area contributed by atoms with E-state index in [0.29, 0.717) is 22.8 Å². The van der Waals surface area contributed by atoms with Gasteiger partial charge in [0, 0.05) is 19.2 Å². The van der Waals surface area contributed by atoms with Crippen molar-refractivity contribution in [3.63, 3.8) is 0 Å². The van der Waals surface area contributed by atoms with Crippen molar-refractivity contribution < 1.29 is 24.4 Å². The molecule has 1 amide bonds. The van der Waals surface area contributed by atoms with Crippen LogP contribution in [0.25, 0.3) is 0 Å². The molecule has 10 nitrogen and oxygen atoms in total. The first-order chi connectivity index (χ1) is 12.7. The highest BCUT2D eigenvalue weighted by Crippen LogP contribution is 2.23. The van der Waals surface area contributed by atoms with Gasteiger partial charge < -0.3 is 14.7 Å². The van der Waals surface area contributed by atoms with Crippen molar-refractivity contribution in [3.8, 4) is 5.75 Å². The van der Waals surface area contributed by atoms with Gasteiger partial charge in [-0.1, -0.05) is 0 Å². The Kier molecular flexibility index (Phi) is 6.11. The van der Waals surface area contributed by atoms with E-state index in [1.165, 1.54) is 9.58 Å². The molecular weight excluding hydrogens is 356 g/mol. The van der Waals surface area contributed by atoms with E-state index in [9.17, 15) is 19.7 Å². The fraction of sp³-hybridized carbons (Fsp3) is 0.353. The number of carboxylic acid groups (broad SMARTS) is 1. The largest absolute Gasteiger partial charge is 0.482 e. The Morgan fingerprint density at radius 2 is 1.93 bits per heavy atom. The number of carbonyl (C=O) groups is 2. The summed E-state index contributed by atoms with van der Waals surface area (Å²) >= 11 is 0. The summed E-state index contributed by atoms with van der Waals surface area (Å²) in [7, 11) is 1.61. The number of carboxylic acids is 1. The van der Waals surface area contributed by atoms with E-state index < -0.39 is 17.5 Å². The molecule has 0 aliphatic rings. The van der Waals surface area contributed by atoms with E-state index in [-0.39, 0.29) is 24.6 Å². The summed E-state index contributed by atoms with van der Waals surface area (Å²) in [5.41, 5.74) is 1.30. The Labute approximate surface area is 155 Å². The summed E-state index contributed by atoms with van der Waals surface area (Å²) in [6, 6.07) is 6.44. The van der Waals surface area contributed by atoms with Gasteiger partial charge in [0.15, 0.2) is 6.61 Å². The van der Waals surface area contributed by atoms with Crippen LogP contribution in [0.15, 0.2) is 24.3 Å². The summed E-state index contributed by atoms with van der Waals surface area (Å²) in [5.74, 6) is -0.878. The molecule has 0 bridgehead atoms. The van der Waals surface area contributed by atoms with Crippen LogP contribution in [0.3, 0.4) is 0 Å². The molecule has 0 saturated carbocycles. The first-order valence-corrected chi connectivity index (χ1v) is 8.10. The molecule has 2 rings (SSSR count). The molecule has 2 aromatic rings. The zero-order valence-corrected chi connectivity index (χ0v) is 15.2. The molecule has 27 heavy (non-hydrogen) atoms. The number of aliphatic carboxylic acids is 1. The smallest absolute Gasteiger partial charge is 0.341 e. The Hall–Kier alpha value is -3.43. The maximum absolute atomic E-state index is 12.4. The third-order valence-electron chi connectivity index (χ3n) is 4.02. The number of hydrogen-bond acceptors (Lipinski definition) is 6. The Morgan fingerprint density at radius 1 is 1.30 bits per heavy atom. The highest BCUT2D eigenvalue weighted by atomic mass is 16.6. The highest BCUT2D eigenvalue weighted by Gasteiger charge is 2.22. The zero-order valence-electron chi connectivity index (χ0n) is 15.2. The van der Waals surface area contributed by atoms with E-state index in [2.05, 4.69) is 5.10 Å². The molecular formula is C17H20N4O6. The SMILES string of the molecule is Cc1nn(CCC(=O)N(C)c2ccc(OCC(=O)O)cc2)c(C)c1[N+](=O)[O-]. The molecule has 1 N–H and O–H groups in total. The van der Waals surface area contributed by atoms with E-state index in [1.54, 1.807) is 45.2 Å². The van der Waals surface area contributed by atoms with Gasteiger partial charge in [-0.05, 0) is 38.1 Å². The topological polar surface area (TPSA) is 128 Å². The first kappa shape index (κ1) is 19.9. The van der Waals surface area contributed by atoms with Gasteiger partial charge in [0.05, 0.1) is 11.5 Å². The second kappa shape index (κ2) is 8.30. The Balaban J connectivity index is 1.99. The van der Waals surface area contributed by atoms with Crippen molar-refractivity contribution in [2.24, 2.45) is 0 Å². The zero-order chi connectivity index (χ0) is 20.1. The third-order valence-corrected chi connectivity index (χ3v) is 4.02. The normalized spacial score (nSPS) is 10.5. The van der Waals surface area contributed by atoms with E-state index in [0.717, 1.165) is 0 Å². The van der Waals surface area contributed by atoms with Crippen LogP contribution in [-0.4, -0.2) is 45.3 Å². The van der Waals surface area contributed by atoms with Gasteiger partial charge in [0.2, 0.25) is 5.91 Å². The third kappa shape index (κ3) is 4.81. The van der Waals surface area contributed by atoms with Gasteiger partial charge in [0.1, 0.15) is 17.1 Å². The molecule has 0 radical (unpaired) electrons. The van der Waals surface area contributed by atoms with Crippen LogP contribution in [0.5, 0.6) is 5.75 Å². The number of aryl methyl sites for hydroxylation is 2. The van der Waals surface area contributed by atoms with Crippen molar-refractivity contribution in [1.82, 2.24) is 9.78 Å². The number of carbonyl (C=O) groups excluding carboxylic acids is 1. The number of benzene rings is 1. The van der Waals surface area contributed by atoms with Gasteiger partial charge in [-0.15, -0.1) is 0 Å². The summed E-state index contributed by atoms with van der Waals surface area (Å²) < 4.78 is 6.50. The lowest BCUT2D eigenvalue weighted by Gasteiger charge is -2.18. The molecule has 0 aliphatic heterocycles. The molecule has 0 spiro atoms. The standard InChI is InChI=1S/C17H20N4O6/c1-11-17(21(25)26)12(2)20(18-11)9-8-15(22)19(3)13-4-6-14(7-5-13)27-10-16(23)24/h4-7H,8-10H2,1-3H3,(H,23,24). The minimum Gasteiger partial charge on any atom is -0.482 e. The molecule has 0 saturated heterocycles. The number of ether oxygens (including phenoxy) is 1. The van der Waals surface area contributed by atoms with E-state index in [4.69, 9.17) is 9.84 Å². The van der Waals surface area contributed by atoms with Crippen LogP contribution >= 0.6 is 0 Å². The second-order valence-electron chi connectivity index (χ2n) is 5.88. The molecule has 1 heterocycles. The fourth-order valence-corrected chi connectivity index (χ4v) is 2.59. The molecule has 1 aromatic carbocycles. The molecule has 1 aromatic heterocycles. The molecule has 0 atom stereocenters. The summed E-state index contributed by atoms with van der Waals surface area (Å²) in [6.45, 7) is 2.94. The number of nitro groups is 1. The lowest BCUT2D eigenvalue weighted by atomic mass is 10.2. The number of aromatic nitrogens is 2. The quantitative estimate of drug-likeness (QED) is 0.550. The maximum Gasteiger partial charge on any atom is 0.341 e. The van der Waals surface area contributed by atoms with Gasteiger partial charge >= 0.3 is 11.7 Å². The highest BCUT2D eigenvalue weighted by molar-refractivity contribution is 5.92. The van der Waals surface area contributed by atoms with Crippen LogP contribution < -0.4 is 9.64 Å². The molecule has 10 heteroatoms. The van der Waals surface area contributed by atoms with Crippen molar-refractivity contribution >= 4 is 23.3 Å². The van der Waals surface area contributed by atoms with Gasteiger partial charge in [-0.3, -0.25) is 19.6 Å². The van der Waals surface area contributed by atoms with Gasteiger partial charge in [-0.2, -0.15) is 5.10 Å². The van der Waals surface area contributed by atoms with Gasteiger partial charge in [-0.25, -0.2) is 4.79 Å². The molecule has 0 fully saturated rings. The van der Waals surface area contributed by atoms with Crippen LogP contribution in [-0.2, 0) is 16.1 Å². The first-order valence-electron chi connectivity index (χ1n) is 8.10. The maximum atomic E-state index is 12.4. The lowest BCUT2D eigenvalue weighted by Crippen LogP contribution is -2.27. The average Bonchev–Trinajstić information content (AvgIpc) is 2.91. The van der Waals surface area contributed by atoms with Crippen molar-refractivity contribution in [2.75, 3.05) is 18.6 Å². The number of hydrogen-bond donors (Lipinski definition) is 1. The number of nitrogens with zero attached hydrogens (tertiary/aromatic N) is 4. The van der Waals surface area contributed by atoms with E-state index >= 15 is 0 Å². The van der Waals surface area contributed by atoms with Crippen molar-refractivity contribution in [3.05, 3.63) is 45.8 Å². The summed E-state index contributed by atoms with van der Waals surface area (Å²) in [5, 5.41) is 23.7. The summed E-state index contributed by atoms with van der Waals surface area (Å²) in [6.07, 6.45) is 0.118. The molecule has 144 valence electrons. The second-order valence-corrected chi connectivity index (χ2v) is 5.88. The predicted octanol–water partition coefficient (Wildman–Crippen LogP) is 1.92. The van der Waals surface area contributed by atoms with Crippen molar-refractivity contribution in [2.45, 2.75) is 26.8 Å². The Bertz CT molecular complexity index is 859. The predicted molar refractivity (Wildman–Crippen MR) is 96.0 cm³/mol.